The van der Waals surface area contributed by atoms with Crippen LogP contribution in [0.25, 0.3) is 11.3 Å². The molecule has 1 aliphatic rings. The zero-order valence-electron chi connectivity index (χ0n) is 19.3. The van der Waals surface area contributed by atoms with Crippen molar-refractivity contribution in [1.82, 2.24) is 15.1 Å². The number of fused-ring (bicyclic) bond motifs is 1. The Balaban J connectivity index is 1.32. The monoisotopic (exact) mass is 455 g/mol. The van der Waals surface area contributed by atoms with Gasteiger partial charge in [-0.2, -0.15) is 5.10 Å². The molecule has 6 heteroatoms. The maximum Gasteiger partial charge on any atom is 0.123 e. The normalized spacial score (nSPS) is 14.6. The summed E-state index contributed by atoms with van der Waals surface area (Å²) in [5.74, 6) is 1.72. The first-order valence-electron chi connectivity index (χ1n) is 11.6. The molecule has 0 saturated carbocycles. The van der Waals surface area contributed by atoms with E-state index in [0.29, 0.717) is 13.0 Å². The predicted molar refractivity (Wildman–Crippen MR) is 132 cm³/mol. The lowest BCUT2D eigenvalue weighted by molar-refractivity contribution is 0.178. The number of H-pyrrole nitrogens is 1. The summed E-state index contributed by atoms with van der Waals surface area (Å²) < 4.78 is 11.3. The third kappa shape index (κ3) is 4.98. The number of nitrogens with one attached hydrogen (secondary N) is 1. The van der Waals surface area contributed by atoms with Crippen LogP contribution in [0.2, 0.25) is 0 Å². The second kappa shape index (κ2) is 10.1. The number of methoxy groups -OCH3 is 1. The molecule has 1 aliphatic heterocycles. The van der Waals surface area contributed by atoms with E-state index in [9.17, 15) is 5.11 Å². The van der Waals surface area contributed by atoms with E-state index in [1.807, 2.05) is 72.9 Å². The van der Waals surface area contributed by atoms with Crippen LogP contribution >= 0.6 is 0 Å². The molecule has 1 aromatic heterocycles. The molecular formula is C28H29N3O3. The molecule has 0 spiro atoms. The highest BCUT2D eigenvalue weighted by atomic mass is 16.5. The number of aromatic nitrogens is 2. The number of aliphatic hydroxyl groups excluding tert-OH is 1. The Hall–Kier alpha value is -3.61. The van der Waals surface area contributed by atoms with Crippen molar-refractivity contribution in [3.05, 3.63) is 101 Å². The molecule has 0 unspecified atom stereocenters. The van der Waals surface area contributed by atoms with Crippen LogP contribution in [0.4, 0.5) is 0 Å². The van der Waals surface area contributed by atoms with Crippen molar-refractivity contribution in [2.45, 2.75) is 25.6 Å². The van der Waals surface area contributed by atoms with Crippen molar-refractivity contribution in [2.75, 3.05) is 20.3 Å². The van der Waals surface area contributed by atoms with Crippen molar-refractivity contribution < 1.29 is 14.6 Å². The van der Waals surface area contributed by atoms with Crippen molar-refractivity contribution in [3.8, 4) is 22.8 Å². The number of nitrogens with zero attached hydrogens (tertiary/aromatic N) is 2. The van der Waals surface area contributed by atoms with Crippen LogP contribution in [0, 0.1) is 0 Å². The van der Waals surface area contributed by atoms with Crippen molar-refractivity contribution in [1.29, 1.82) is 0 Å². The molecule has 2 heterocycles. The van der Waals surface area contributed by atoms with E-state index in [1.54, 1.807) is 7.11 Å². The molecule has 4 aromatic rings. The number of ether oxygens (including phenoxy) is 2. The van der Waals surface area contributed by atoms with Gasteiger partial charge in [0.15, 0.2) is 0 Å². The van der Waals surface area contributed by atoms with Gasteiger partial charge in [-0.25, -0.2) is 0 Å². The number of hydrogen-bond acceptors (Lipinski definition) is 5. The van der Waals surface area contributed by atoms with Gasteiger partial charge >= 0.3 is 0 Å². The highest BCUT2D eigenvalue weighted by molar-refractivity contribution is 5.63. The van der Waals surface area contributed by atoms with Gasteiger partial charge in [0.05, 0.1) is 25.1 Å². The molecule has 0 fully saturated rings. The molecular weight excluding hydrogens is 426 g/mol. The minimum Gasteiger partial charge on any atom is -0.497 e. The fourth-order valence-corrected chi connectivity index (χ4v) is 4.45. The first-order chi connectivity index (χ1) is 16.7. The highest BCUT2D eigenvalue weighted by Crippen LogP contribution is 2.30. The Morgan fingerprint density at radius 1 is 1.09 bits per heavy atom. The number of benzene rings is 3. The Kier molecular flexibility index (Phi) is 6.60. The second-order valence-corrected chi connectivity index (χ2v) is 8.63. The smallest absolute Gasteiger partial charge is 0.123 e. The summed E-state index contributed by atoms with van der Waals surface area (Å²) >= 11 is 0. The minimum absolute atomic E-state index is 0.556. The van der Waals surface area contributed by atoms with Crippen LogP contribution in [-0.2, 0) is 19.5 Å². The van der Waals surface area contributed by atoms with Gasteiger partial charge in [-0.15, -0.1) is 0 Å². The summed E-state index contributed by atoms with van der Waals surface area (Å²) in [5.41, 5.74) is 6.35. The maximum atomic E-state index is 10.8. The van der Waals surface area contributed by atoms with Gasteiger partial charge in [0.25, 0.3) is 0 Å². The molecule has 2 N–H and O–H groups in total. The van der Waals surface area contributed by atoms with Gasteiger partial charge in [0.2, 0.25) is 0 Å². The zero-order chi connectivity index (χ0) is 23.3. The van der Waals surface area contributed by atoms with Gasteiger partial charge < -0.3 is 14.6 Å². The van der Waals surface area contributed by atoms with E-state index >= 15 is 0 Å². The van der Waals surface area contributed by atoms with Gasteiger partial charge in [-0.3, -0.25) is 10.00 Å². The average Bonchev–Trinajstić information content (AvgIpc) is 3.23. The molecule has 0 radical (unpaired) electrons. The van der Waals surface area contributed by atoms with Gasteiger partial charge in [-0.1, -0.05) is 36.4 Å². The molecule has 6 nitrogen and oxygen atoms in total. The Bertz CT molecular complexity index is 1220. The topological polar surface area (TPSA) is 70.6 Å². The summed E-state index contributed by atoms with van der Waals surface area (Å²) in [4.78, 5) is 2.36. The third-order valence-corrected chi connectivity index (χ3v) is 6.29. The number of rotatable bonds is 7. The molecule has 0 saturated heterocycles. The third-order valence-electron chi connectivity index (χ3n) is 6.29. The van der Waals surface area contributed by atoms with Crippen LogP contribution in [0.1, 0.15) is 28.4 Å². The number of aromatic amines is 1. The lowest BCUT2D eigenvalue weighted by Gasteiger charge is -2.20. The zero-order valence-corrected chi connectivity index (χ0v) is 19.3. The number of hydrogen-bond donors (Lipinski definition) is 2. The van der Waals surface area contributed by atoms with Crippen LogP contribution in [-0.4, -0.2) is 40.5 Å². The van der Waals surface area contributed by atoms with Crippen molar-refractivity contribution >= 4 is 0 Å². The molecule has 34 heavy (non-hydrogen) atoms. The summed E-state index contributed by atoms with van der Waals surface area (Å²) in [6, 6.07) is 24.1. The van der Waals surface area contributed by atoms with E-state index in [2.05, 4.69) is 21.2 Å². The molecule has 0 bridgehead atoms. The van der Waals surface area contributed by atoms with Crippen LogP contribution in [0.15, 0.2) is 79.0 Å². The maximum absolute atomic E-state index is 10.8. The van der Waals surface area contributed by atoms with Gasteiger partial charge in [-0.05, 0) is 47.5 Å². The fraction of sp³-hybridized carbons (Fsp3) is 0.250. The van der Waals surface area contributed by atoms with E-state index in [4.69, 9.17) is 9.47 Å². The lowest BCUT2D eigenvalue weighted by atomic mass is 9.99. The molecule has 3 aromatic carbocycles. The predicted octanol–water partition coefficient (Wildman–Crippen LogP) is 4.76. The highest BCUT2D eigenvalue weighted by Gasteiger charge is 2.20. The number of aliphatic hydroxyl groups is 1. The molecule has 1 atom stereocenters. The Labute approximate surface area is 199 Å². The van der Waals surface area contributed by atoms with Crippen LogP contribution < -0.4 is 9.47 Å². The summed E-state index contributed by atoms with van der Waals surface area (Å²) in [5, 5.41) is 18.3. The molecule has 0 amide bonds. The van der Waals surface area contributed by atoms with Crippen LogP contribution in [0.5, 0.6) is 11.5 Å². The van der Waals surface area contributed by atoms with E-state index < -0.39 is 6.10 Å². The first-order valence-corrected chi connectivity index (χ1v) is 11.6. The first kappa shape index (κ1) is 22.2. The molecule has 0 aliphatic carbocycles. The fourth-order valence-electron chi connectivity index (χ4n) is 4.45. The Morgan fingerprint density at radius 3 is 2.71 bits per heavy atom. The average molecular weight is 456 g/mol. The molecule has 5 rings (SSSR count). The van der Waals surface area contributed by atoms with Gasteiger partial charge in [0, 0.05) is 42.7 Å². The van der Waals surface area contributed by atoms with E-state index in [-0.39, 0.29) is 0 Å². The summed E-state index contributed by atoms with van der Waals surface area (Å²) in [6.07, 6.45) is 1.93. The van der Waals surface area contributed by atoms with E-state index in [0.717, 1.165) is 64.6 Å². The van der Waals surface area contributed by atoms with Crippen LogP contribution in [0.3, 0.4) is 0 Å². The SMILES string of the molecule is COc1ccc(-c2[nH]ncc2CN2CCOc3ccc([C@@H](O)Cc4ccccc4)cc3C2)cc1. The lowest BCUT2D eigenvalue weighted by Crippen LogP contribution is -2.25. The molecule has 174 valence electrons. The standard InChI is InChI=1S/C28H29N3O3/c1-33-25-10-7-21(8-11-25)28-24(17-29-30-28)19-31-13-14-34-27-12-9-22(16-23(27)18-31)26(32)15-20-5-3-2-4-6-20/h2-12,16-17,26,32H,13-15,18-19H2,1H3,(H,29,30)/t26-/m0/s1. The second-order valence-electron chi connectivity index (χ2n) is 8.63. The van der Waals surface area contributed by atoms with Crippen molar-refractivity contribution in [3.63, 3.8) is 0 Å². The summed E-state index contributed by atoms with van der Waals surface area (Å²) in [6.45, 7) is 2.92. The Morgan fingerprint density at radius 2 is 1.91 bits per heavy atom. The summed E-state index contributed by atoms with van der Waals surface area (Å²) in [7, 11) is 1.67. The largest absolute Gasteiger partial charge is 0.497 e. The van der Waals surface area contributed by atoms with Crippen molar-refractivity contribution in [2.24, 2.45) is 0 Å². The van der Waals surface area contributed by atoms with Gasteiger partial charge in [0.1, 0.15) is 18.1 Å². The quantitative estimate of drug-likeness (QED) is 0.421. The van der Waals surface area contributed by atoms with E-state index in [1.165, 1.54) is 0 Å². The minimum atomic E-state index is -0.556.